The average molecular weight is 229 g/mol. The summed E-state index contributed by atoms with van der Waals surface area (Å²) in [4.78, 5) is 14.0. The minimum Gasteiger partial charge on any atom is -0.335 e. The molecule has 0 N–H and O–H groups in total. The molecule has 0 aromatic heterocycles. The van der Waals surface area contributed by atoms with Gasteiger partial charge in [0.2, 0.25) is 5.91 Å². The molecule has 1 saturated heterocycles. The van der Waals surface area contributed by atoms with E-state index in [1.165, 1.54) is 5.56 Å². The van der Waals surface area contributed by atoms with E-state index in [4.69, 9.17) is 0 Å². The third kappa shape index (κ3) is 2.41. The molecule has 90 valence electrons. The van der Waals surface area contributed by atoms with Crippen molar-refractivity contribution in [1.82, 2.24) is 4.90 Å². The second kappa shape index (κ2) is 5.17. The largest absolute Gasteiger partial charge is 0.335 e. The van der Waals surface area contributed by atoms with Crippen LogP contribution in [-0.2, 0) is 4.79 Å². The average Bonchev–Trinajstić information content (AvgIpc) is 2.34. The number of carbonyl (C=O) groups excluding carboxylic acids is 1. The maximum atomic E-state index is 12.0. The second-order valence-corrected chi connectivity index (χ2v) is 4.71. The third-order valence-corrected chi connectivity index (χ3v) is 3.38. The molecule has 1 aromatic rings. The van der Waals surface area contributed by atoms with Gasteiger partial charge in [0.1, 0.15) is 0 Å². The van der Waals surface area contributed by atoms with E-state index in [-0.39, 0.29) is 11.9 Å². The van der Waals surface area contributed by atoms with Crippen LogP contribution in [0.4, 0.5) is 0 Å². The summed E-state index contributed by atoms with van der Waals surface area (Å²) in [6.07, 6.45) is 3.16. The zero-order valence-electron chi connectivity index (χ0n) is 10.3. The predicted octanol–water partition coefficient (Wildman–Crippen LogP) is 3.17. The summed E-state index contributed by atoms with van der Waals surface area (Å²) in [5.41, 5.74) is 1.25. The monoisotopic (exact) mass is 229 g/mol. The Hall–Kier alpha value is -1.57. The highest BCUT2D eigenvalue weighted by Gasteiger charge is 2.39. The van der Waals surface area contributed by atoms with Crippen molar-refractivity contribution in [1.29, 1.82) is 0 Å². The van der Waals surface area contributed by atoms with Crippen LogP contribution in [0.15, 0.2) is 43.0 Å². The fraction of sp³-hybridized carbons (Fsp3) is 0.400. The Bertz CT molecular complexity index is 399. The first-order chi connectivity index (χ1) is 8.24. The van der Waals surface area contributed by atoms with Gasteiger partial charge in [-0.1, -0.05) is 43.3 Å². The highest BCUT2D eigenvalue weighted by Crippen LogP contribution is 2.38. The van der Waals surface area contributed by atoms with Gasteiger partial charge in [-0.2, -0.15) is 0 Å². The highest BCUT2D eigenvalue weighted by molar-refractivity contribution is 5.77. The van der Waals surface area contributed by atoms with Crippen molar-refractivity contribution in [2.45, 2.75) is 25.8 Å². The molecule has 0 aliphatic carbocycles. The van der Waals surface area contributed by atoms with Gasteiger partial charge in [0.05, 0.1) is 6.04 Å². The van der Waals surface area contributed by atoms with E-state index in [1.54, 1.807) is 6.08 Å². The third-order valence-electron chi connectivity index (χ3n) is 3.38. The summed E-state index contributed by atoms with van der Waals surface area (Å²) in [6.45, 7) is 6.75. The number of carbonyl (C=O) groups is 1. The molecule has 1 heterocycles. The predicted molar refractivity (Wildman–Crippen MR) is 69.5 cm³/mol. The van der Waals surface area contributed by atoms with E-state index in [0.717, 1.165) is 13.0 Å². The molecule has 1 amide bonds. The van der Waals surface area contributed by atoms with Crippen molar-refractivity contribution in [3.05, 3.63) is 48.6 Å². The van der Waals surface area contributed by atoms with E-state index in [2.05, 4.69) is 25.6 Å². The first kappa shape index (κ1) is 11.9. The molecule has 2 nitrogen and oxygen atoms in total. The Morgan fingerprint density at radius 3 is 2.76 bits per heavy atom. The van der Waals surface area contributed by atoms with Gasteiger partial charge >= 0.3 is 0 Å². The lowest BCUT2D eigenvalue weighted by Crippen LogP contribution is -2.51. The summed E-state index contributed by atoms with van der Waals surface area (Å²) in [7, 11) is 0. The Morgan fingerprint density at radius 1 is 1.47 bits per heavy atom. The Morgan fingerprint density at radius 2 is 2.18 bits per heavy atom. The minimum absolute atomic E-state index is 0.247. The molecular formula is C15H19NO. The summed E-state index contributed by atoms with van der Waals surface area (Å²) < 4.78 is 0. The molecule has 0 saturated carbocycles. The van der Waals surface area contributed by atoms with Crippen LogP contribution < -0.4 is 0 Å². The fourth-order valence-corrected chi connectivity index (χ4v) is 2.48. The lowest BCUT2D eigenvalue weighted by atomic mass is 9.84. The molecule has 0 bridgehead atoms. The number of hydrogen-bond donors (Lipinski definition) is 0. The minimum atomic E-state index is 0.247. The number of likely N-dealkylation sites (tertiary alicyclic amines) is 1. The van der Waals surface area contributed by atoms with Gasteiger partial charge in [0.25, 0.3) is 0 Å². The molecule has 2 heteroatoms. The molecule has 1 fully saturated rings. The maximum Gasteiger partial charge on any atom is 0.223 e. The van der Waals surface area contributed by atoms with Crippen LogP contribution in [0, 0.1) is 5.92 Å². The van der Waals surface area contributed by atoms with E-state index < -0.39 is 0 Å². The number of benzene rings is 1. The number of allylic oxidation sites excluding steroid dienone is 1. The van der Waals surface area contributed by atoms with Gasteiger partial charge in [-0.25, -0.2) is 0 Å². The van der Waals surface area contributed by atoms with Crippen molar-refractivity contribution in [2.24, 2.45) is 5.92 Å². The molecular weight excluding hydrogens is 210 g/mol. The molecule has 0 unspecified atom stereocenters. The second-order valence-electron chi connectivity index (χ2n) is 4.71. The van der Waals surface area contributed by atoms with E-state index in [0.29, 0.717) is 12.3 Å². The van der Waals surface area contributed by atoms with Crippen LogP contribution in [0.1, 0.15) is 31.4 Å². The van der Waals surface area contributed by atoms with Crippen LogP contribution in [0.2, 0.25) is 0 Å². The van der Waals surface area contributed by atoms with Crippen molar-refractivity contribution < 1.29 is 4.79 Å². The normalized spacial score (nSPS) is 23.0. The first-order valence-electron chi connectivity index (χ1n) is 6.19. The van der Waals surface area contributed by atoms with E-state index in [1.807, 2.05) is 23.1 Å². The van der Waals surface area contributed by atoms with Crippen molar-refractivity contribution >= 4 is 5.91 Å². The van der Waals surface area contributed by atoms with Crippen LogP contribution in [0.25, 0.3) is 0 Å². The SMILES string of the molecule is C=CCCC(=O)N1C[C@@H](C)[C@H]1c1ccccc1. The first-order valence-corrected chi connectivity index (χ1v) is 6.19. The highest BCUT2D eigenvalue weighted by atomic mass is 16.2. The van der Waals surface area contributed by atoms with Crippen molar-refractivity contribution in [3.63, 3.8) is 0 Å². The summed E-state index contributed by atoms with van der Waals surface area (Å²) in [5, 5.41) is 0. The van der Waals surface area contributed by atoms with Gasteiger partial charge in [-0.15, -0.1) is 6.58 Å². The van der Waals surface area contributed by atoms with E-state index >= 15 is 0 Å². The topological polar surface area (TPSA) is 20.3 Å². The Kier molecular flexibility index (Phi) is 3.62. The lowest BCUT2D eigenvalue weighted by molar-refractivity contribution is -0.143. The molecule has 17 heavy (non-hydrogen) atoms. The fourth-order valence-electron chi connectivity index (χ4n) is 2.48. The molecule has 1 aromatic carbocycles. The summed E-state index contributed by atoms with van der Waals surface area (Å²) in [6, 6.07) is 10.6. The molecule has 0 spiro atoms. The van der Waals surface area contributed by atoms with Crippen LogP contribution in [0.5, 0.6) is 0 Å². The van der Waals surface area contributed by atoms with Gasteiger partial charge < -0.3 is 4.90 Å². The van der Waals surface area contributed by atoms with Gasteiger partial charge in [-0.3, -0.25) is 4.79 Å². The lowest BCUT2D eigenvalue weighted by Gasteiger charge is -2.47. The Balaban J connectivity index is 2.06. The smallest absolute Gasteiger partial charge is 0.223 e. The standard InChI is InChI=1S/C15H19NO/c1-3-4-10-14(17)16-11-12(2)15(16)13-8-6-5-7-9-13/h3,5-9,12,15H,1,4,10-11H2,2H3/t12-,15+/m1/s1. The number of amides is 1. The van der Waals surface area contributed by atoms with Crippen molar-refractivity contribution in [2.75, 3.05) is 6.54 Å². The zero-order chi connectivity index (χ0) is 12.3. The number of hydrogen-bond acceptors (Lipinski definition) is 1. The van der Waals surface area contributed by atoms with Crippen LogP contribution in [-0.4, -0.2) is 17.4 Å². The summed E-state index contributed by atoms with van der Waals surface area (Å²) in [5.74, 6) is 0.807. The number of rotatable bonds is 4. The Labute approximate surface area is 103 Å². The van der Waals surface area contributed by atoms with Gasteiger partial charge in [0.15, 0.2) is 0 Å². The zero-order valence-corrected chi connectivity index (χ0v) is 10.3. The quantitative estimate of drug-likeness (QED) is 0.726. The van der Waals surface area contributed by atoms with Gasteiger partial charge in [-0.05, 0) is 17.9 Å². The molecule has 2 atom stereocenters. The summed E-state index contributed by atoms with van der Waals surface area (Å²) >= 11 is 0. The molecule has 2 rings (SSSR count). The van der Waals surface area contributed by atoms with E-state index in [9.17, 15) is 4.79 Å². The van der Waals surface area contributed by atoms with Crippen LogP contribution >= 0.6 is 0 Å². The molecule has 1 aliphatic heterocycles. The van der Waals surface area contributed by atoms with Crippen molar-refractivity contribution in [3.8, 4) is 0 Å². The molecule has 0 radical (unpaired) electrons. The molecule has 1 aliphatic rings. The number of nitrogens with zero attached hydrogens (tertiary/aromatic N) is 1. The van der Waals surface area contributed by atoms with Gasteiger partial charge in [0, 0.05) is 13.0 Å². The van der Waals surface area contributed by atoms with Crippen LogP contribution in [0.3, 0.4) is 0 Å². The maximum absolute atomic E-state index is 12.0.